The number of carbonyl (C=O) groups excluding carboxylic acids is 2. The second-order valence-corrected chi connectivity index (χ2v) is 6.25. The van der Waals surface area contributed by atoms with Crippen LogP contribution in [-0.4, -0.2) is 56.1 Å². The predicted octanol–water partition coefficient (Wildman–Crippen LogP) is 1.16. The average molecular weight is 349 g/mol. The van der Waals surface area contributed by atoms with Gasteiger partial charge in [0.05, 0.1) is 7.11 Å². The molecule has 1 heterocycles. The number of ether oxygens (including phenoxy) is 2. The summed E-state index contributed by atoms with van der Waals surface area (Å²) in [7, 11) is 3.04. The Kier molecular flexibility index (Phi) is 6.64. The van der Waals surface area contributed by atoms with Gasteiger partial charge in [0.15, 0.2) is 18.1 Å². The molecule has 0 aromatic heterocycles. The van der Waals surface area contributed by atoms with Gasteiger partial charge in [-0.1, -0.05) is 0 Å². The number of nitrogens with two attached hydrogens (primary N) is 1. The van der Waals surface area contributed by atoms with E-state index < -0.39 is 0 Å². The molecule has 7 heteroatoms. The molecule has 138 valence electrons. The normalized spacial score (nSPS) is 18.4. The van der Waals surface area contributed by atoms with Gasteiger partial charge in [-0.2, -0.15) is 0 Å². The summed E-state index contributed by atoms with van der Waals surface area (Å²) in [6.45, 7) is 2.54. The number of hydrogen-bond donors (Lipinski definition) is 2. The van der Waals surface area contributed by atoms with Crippen molar-refractivity contribution in [3.05, 3.63) is 23.8 Å². The lowest BCUT2D eigenvalue weighted by atomic mass is 9.96. The van der Waals surface area contributed by atoms with E-state index in [-0.39, 0.29) is 30.5 Å². The van der Waals surface area contributed by atoms with Crippen LogP contribution >= 0.6 is 0 Å². The molecule has 2 rings (SSSR count). The third-order valence-corrected chi connectivity index (χ3v) is 4.47. The molecule has 7 nitrogen and oxygen atoms in total. The van der Waals surface area contributed by atoms with Gasteiger partial charge in [0.2, 0.25) is 0 Å². The van der Waals surface area contributed by atoms with E-state index in [1.54, 1.807) is 18.2 Å². The van der Waals surface area contributed by atoms with Crippen molar-refractivity contribution in [2.45, 2.75) is 38.3 Å². The fourth-order valence-electron chi connectivity index (χ4n) is 3.06. The van der Waals surface area contributed by atoms with E-state index in [1.165, 1.54) is 14.2 Å². The first-order valence-corrected chi connectivity index (χ1v) is 8.56. The molecule has 0 spiro atoms. The van der Waals surface area contributed by atoms with Gasteiger partial charge in [0, 0.05) is 31.2 Å². The first-order chi connectivity index (χ1) is 12.0. The number of likely N-dealkylation sites (N-methyl/N-ethyl adjacent to an activating group) is 1. The Hall–Kier alpha value is -2.28. The van der Waals surface area contributed by atoms with E-state index in [2.05, 4.69) is 5.32 Å². The average Bonchev–Trinajstić information content (AvgIpc) is 2.65. The maximum atomic E-state index is 12.9. The number of piperidine rings is 1. The maximum Gasteiger partial charge on any atom is 0.257 e. The molecule has 25 heavy (non-hydrogen) atoms. The predicted molar refractivity (Wildman–Crippen MR) is 94.9 cm³/mol. The molecule has 0 aliphatic carbocycles. The van der Waals surface area contributed by atoms with Crippen molar-refractivity contribution in [3.8, 4) is 11.5 Å². The lowest BCUT2D eigenvalue weighted by Gasteiger charge is -2.38. The van der Waals surface area contributed by atoms with Crippen LogP contribution in [-0.2, 0) is 4.79 Å². The molecule has 1 aliphatic heterocycles. The molecule has 2 unspecified atom stereocenters. The molecule has 2 atom stereocenters. The van der Waals surface area contributed by atoms with Gasteiger partial charge < -0.3 is 25.4 Å². The van der Waals surface area contributed by atoms with E-state index in [0.717, 1.165) is 19.3 Å². The Morgan fingerprint density at radius 1 is 1.36 bits per heavy atom. The van der Waals surface area contributed by atoms with Crippen LogP contribution in [0.1, 0.15) is 36.5 Å². The van der Waals surface area contributed by atoms with Gasteiger partial charge in [-0.15, -0.1) is 0 Å². The van der Waals surface area contributed by atoms with Crippen molar-refractivity contribution in [1.82, 2.24) is 10.2 Å². The molecule has 1 aliphatic rings. The summed E-state index contributed by atoms with van der Waals surface area (Å²) in [4.78, 5) is 26.1. The van der Waals surface area contributed by atoms with Crippen molar-refractivity contribution in [2.75, 3.05) is 27.3 Å². The number of benzene rings is 1. The molecule has 1 aromatic carbocycles. The Balaban J connectivity index is 2.18. The summed E-state index contributed by atoms with van der Waals surface area (Å²) in [5, 5.41) is 2.48. The second-order valence-electron chi connectivity index (χ2n) is 6.25. The van der Waals surface area contributed by atoms with Gasteiger partial charge in [-0.3, -0.25) is 9.59 Å². The highest BCUT2D eigenvalue weighted by Crippen LogP contribution is 2.30. The summed E-state index contributed by atoms with van der Waals surface area (Å²) in [5.74, 6) is 0.544. The number of nitrogens with one attached hydrogen (secondary N) is 1. The minimum absolute atomic E-state index is 0.0522. The van der Waals surface area contributed by atoms with Crippen LogP contribution in [0.15, 0.2) is 18.2 Å². The fraction of sp³-hybridized carbons (Fsp3) is 0.556. The van der Waals surface area contributed by atoms with Gasteiger partial charge in [-0.25, -0.2) is 0 Å². The largest absolute Gasteiger partial charge is 0.493 e. The van der Waals surface area contributed by atoms with Gasteiger partial charge in [-0.05, 0) is 44.4 Å². The summed E-state index contributed by atoms with van der Waals surface area (Å²) in [6.07, 6.45) is 3.00. The Morgan fingerprint density at radius 3 is 2.76 bits per heavy atom. The Bertz CT molecular complexity index is 618. The number of hydrogen-bond acceptors (Lipinski definition) is 5. The number of likely N-dealkylation sites (tertiary alicyclic amines) is 1. The molecule has 0 bridgehead atoms. The standard InChI is InChI=1S/C18H27N3O4/c1-12(19)14-6-4-5-9-21(14)18(23)13-7-8-15(16(10-13)24-3)25-11-17(22)20-2/h7-8,10,12,14H,4-6,9,11,19H2,1-3H3,(H,20,22). The van der Waals surface area contributed by atoms with Crippen LogP contribution in [0.5, 0.6) is 11.5 Å². The molecular weight excluding hydrogens is 322 g/mol. The number of amides is 2. The van der Waals surface area contributed by atoms with Crippen molar-refractivity contribution in [3.63, 3.8) is 0 Å². The quantitative estimate of drug-likeness (QED) is 0.804. The van der Waals surface area contributed by atoms with Gasteiger partial charge >= 0.3 is 0 Å². The lowest BCUT2D eigenvalue weighted by molar-refractivity contribution is -0.122. The number of rotatable bonds is 6. The first kappa shape index (κ1) is 19.1. The van der Waals surface area contributed by atoms with Crippen LogP contribution in [0.3, 0.4) is 0 Å². The summed E-state index contributed by atoms with van der Waals surface area (Å²) in [6, 6.07) is 4.98. The van der Waals surface area contributed by atoms with E-state index in [9.17, 15) is 9.59 Å². The number of nitrogens with zero attached hydrogens (tertiary/aromatic N) is 1. The van der Waals surface area contributed by atoms with Crippen LogP contribution < -0.4 is 20.5 Å². The molecule has 1 saturated heterocycles. The van der Waals surface area contributed by atoms with Crippen LogP contribution in [0.2, 0.25) is 0 Å². The Labute approximate surface area is 148 Å². The molecule has 1 fully saturated rings. The summed E-state index contributed by atoms with van der Waals surface area (Å²) in [5.41, 5.74) is 6.58. The zero-order valence-electron chi connectivity index (χ0n) is 15.1. The highest BCUT2D eigenvalue weighted by molar-refractivity contribution is 5.95. The maximum absolute atomic E-state index is 12.9. The van der Waals surface area contributed by atoms with E-state index in [0.29, 0.717) is 23.6 Å². The third-order valence-electron chi connectivity index (χ3n) is 4.47. The first-order valence-electron chi connectivity index (χ1n) is 8.56. The highest BCUT2D eigenvalue weighted by Gasteiger charge is 2.30. The lowest BCUT2D eigenvalue weighted by Crippen LogP contribution is -2.51. The van der Waals surface area contributed by atoms with Crippen LogP contribution in [0.4, 0.5) is 0 Å². The van der Waals surface area contributed by atoms with Crippen LogP contribution in [0, 0.1) is 0 Å². The monoisotopic (exact) mass is 349 g/mol. The van der Waals surface area contributed by atoms with E-state index >= 15 is 0 Å². The van der Waals surface area contributed by atoms with Gasteiger partial charge in [0.1, 0.15) is 0 Å². The zero-order chi connectivity index (χ0) is 18.4. The minimum Gasteiger partial charge on any atom is -0.493 e. The van der Waals surface area contributed by atoms with Crippen molar-refractivity contribution in [2.24, 2.45) is 5.73 Å². The third kappa shape index (κ3) is 4.63. The van der Waals surface area contributed by atoms with E-state index in [4.69, 9.17) is 15.2 Å². The fourth-order valence-corrected chi connectivity index (χ4v) is 3.06. The van der Waals surface area contributed by atoms with E-state index in [1.807, 2.05) is 11.8 Å². The summed E-state index contributed by atoms with van der Waals surface area (Å²) < 4.78 is 10.7. The summed E-state index contributed by atoms with van der Waals surface area (Å²) >= 11 is 0. The number of carbonyl (C=O) groups is 2. The Morgan fingerprint density at radius 2 is 2.12 bits per heavy atom. The minimum atomic E-state index is -0.240. The molecule has 1 aromatic rings. The second kappa shape index (κ2) is 8.71. The van der Waals surface area contributed by atoms with Gasteiger partial charge in [0.25, 0.3) is 11.8 Å². The molecule has 3 N–H and O–H groups in total. The van der Waals surface area contributed by atoms with Crippen molar-refractivity contribution >= 4 is 11.8 Å². The SMILES string of the molecule is CNC(=O)COc1ccc(C(=O)N2CCCCC2C(C)N)cc1OC. The van der Waals surface area contributed by atoms with Crippen molar-refractivity contribution < 1.29 is 19.1 Å². The molecular formula is C18H27N3O4. The molecule has 0 saturated carbocycles. The zero-order valence-corrected chi connectivity index (χ0v) is 15.1. The topological polar surface area (TPSA) is 93.9 Å². The molecule has 0 radical (unpaired) electrons. The highest BCUT2D eigenvalue weighted by atomic mass is 16.5. The number of methoxy groups -OCH3 is 1. The smallest absolute Gasteiger partial charge is 0.257 e. The van der Waals surface area contributed by atoms with Crippen LogP contribution in [0.25, 0.3) is 0 Å². The molecule has 2 amide bonds. The van der Waals surface area contributed by atoms with Crippen molar-refractivity contribution in [1.29, 1.82) is 0 Å².